The zero-order valence-corrected chi connectivity index (χ0v) is 13.6. The van der Waals surface area contributed by atoms with Crippen LogP contribution in [0.1, 0.15) is 12.5 Å². The highest BCUT2D eigenvalue weighted by Gasteiger charge is 2.21. The van der Waals surface area contributed by atoms with Gasteiger partial charge >= 0.3 is 0 Å². The Morgan fingerprint density at radius 2 is 1.91 bits per heavy atom. The number of nitrogens with zero attached hydrogens (tertiary/aromatic N) is 1. The third-order valence-electron chi connectivity index (χ3n) is 4.08. The summed E-state index contributed by atoms with van der Waals surface area (Å²) >= 11 is 0. The molecule has 1 atom stereocenters. The fourth-order valence-electron chi connectivity index (χ4n) is 3.07. The van der Waals surface area contributed by atoms with Crippen molar-refractivity contribution in [1.82, 2.24) is 10.2 Å². The summed E-state index contributed by atoms with van der Waals surface area (Å²) in [5.41, 5.74) is 3.44. The Balaban J connectivity index is 1.73. The second-order valence-electron chi connectivity index (χ2n) is 6.04. The molecule has 2 aromatic carbocycles. The lowest BCUT2D eigenvalue weighted by Gasteiger charge is -2.31. The number of nitrogens with one attached hydrogen (secondary N) is 1. The molecule has 1 fully saturated rings. The van der Waals surface area contributed by atoms with Crippen LogP contribution in [0.2, 0.25) is 0 Å². The molecule has 0 aromatic heterocycles. The minimum atomic E-state index is 0.106. The molecular weight excluding hydrogens is 288 g/mol. The molecule has 1 saturated heterocycles. The van der Waals surface area contributed by atoms with E-state index >= 15 is 0 Å². The van der Waals surface area contributed by atoms with Crippen LogP contribution in [-0.2, 0) is 11.3 Å². The zero-order valence-electron chi connectivity index (χ0n) is 13.6. The first kappa shape index (κ1) is 15.6. The summed E-state index contributed by atoms with van der Waals surface area (Å²) < 4.78 is 5.42. The summed E-state index contributed by atoms with van der Waals surface area (Å²) in [4.78, 5) is 13.8. The minimum Gasteiger partial charge on any atom is -0.496 e. The van der Waals surface area contributed by atoms with Gasteiger partial charge in [-0.05, 0) is 24.1 Å². The molecule has 0 radical (unpaired) electrons. The van der Waals surface area contributed by atoms with Crippen molar-refractivity contribution in [2.45, 2.75) is 19.5 Å². The number of methoxy groups -OCH3 is 1. The smallest absolute Gasteiger partial charge is 0.234 e. The summed E-state index contributed by atoms with van der Waals surface area (Å²) in [7, 11) is 1.69. The van der Waals surface area contributed by atoms with E-state index in [9.17, 15) is 4.79 Å². The van der Waals surface area contributed by atoms with Gasteiger partial charge < -0.3 is 10.1 Å². The zero-order chi connectivity index (χ0) is 16.2. The molecule has 1 unspecified atom stereocenters. The molecule has 4 nitrogen and oxygen atoms in total. The van der Waals surface area contributed by atoms with Crippen molar-refractivity contribution in [3.8, 4) is 16.9 Å². The van der Waals surface area contributed by atoms with Crippen LogP contribution < -0.4 is 10.1 Å². The van der Waals surface area contributed by atoms with Crippen molar-refractivity contribution in [1.29, 1.82) is 0 Å². The number of ether oxygens (including phenoxy) is 1. The Hall–Kier alpha value is -2.33. The van der Waals surface area contributed by atoms with E-state index in [2.05, 4.69) is 40.5 Å². The quantitative estimate of drug-likeness (QED) is 0.944. The van der Waals surface area contributed by atoms with Crippen molar-refractivity contribution < 1.29 is 9.53 Å². The van der Waals surface area contributed by atoms with Gasteiger partial charge in [-0.15, -0.1) is 0 Å². The minimum absolute atomic E-state index is 0.106. The maximum absolute atomic E-state index is 11.6. The van der Waals surface area contributed by atoms with Crippen molar-refractivity contribution >= 4 is 5.91 Å². The highest BCUT2D eigenvalue weighted by molar-refractivity contribution is 5.79. The number of rotatable bonds is 4. The van der Waals surface area contributed by atoms with Crippen LogP contribution in [0.4, 0.5) is 0 Å². The van der Waals surface area contributed by atoms with Crippen molar-refractivity contribution in [3.05, 3.63) is 54.1 Å². The normalized spacial score (nSPS) is 18.5. The van der Waals surface area contributed by atoms with Gasteiger partial charge in [0.1, 0.15) is 5.75 Å². The van der Waals surface area contributed by atoms with Crippen molar-refractivity contribution in [3.63, 3.8) is 0 Å². The molecule has 1 aliphatic heterocycles. The maximum Gasteiger partial charge on any atom is 0.234 e. The topological polar surface area (TPSA) is 41.6 Å². The van der Waals surface area contributed by atoms with E-state index < -0.39 is 0 Å². The van der Waals surface area contributed by atoms with E-state index in [4.69, 9.17) is 4.74 Å². The number of para-hydroxylation sites is 1. The van der Waals surface area contributed by atoms with E-state index in [0.717, 1.165) is 30.0 Å². The number of amides is 1. The molecule has 3 rings (SSSR count). The molecule has 0 saturated carbocycles. The van der Waals surface area contributed by atoms with Gasteiger partial charge in [-0.2, -0.15) is 0 Å². The second-order valence-corrected chi connectivity index (χ2v) is 6.04. The maximum atomic E-state index is 11.6. The Bertz CT molecular complexity index is 682. The fraction of sp³-hybridized carbons (Fsp3) is 0.316. The lowest BCUT2D eigenvalue weighted by molar-refractivity contribution is -0.125. The van der Waals surface area contributed by atoms with Gasteiger partial charge in [-0.25, -0.2) is 0 Å². The summed E-state index contributed by atoms with van der Waals surface area (Å²) in [6.07, 6.45) is 0. The molecule has 1 N–H and O–H groups in total. The van der Waals surface area contributed by atoms with Gasteiger partial charge in [0, 0.05) is 24.7 Å². The molecule has 2 aromatic rings. The fourth-order valence-corrected chi connectivity index (χ4v) is 3.07. The Morgan fingerprint density at radius 3 is 2.61 bits per heavy atom. The summed E-state index contributed by atoms with van der Waals surface area (Å²) in [6, 6.07) is 16.7. The SMILES string of the molecule is COc1ccccc1-c1ccc(CN2CC(=O)NC(C)C2)cc1. The molecular formula is C19H22N2O2. The first-order valence-electron chi connectivity index (χ1n) is 7.90. The second kappa shape index (κ2) is 6.84. The molecule has 1 amide bonds. The van der Waals surface area contributed by atoms with Gasteiger partial charge in [0.15, 0.2) is 0 Å². The number of hydrogen-bond acceptors (Lipinski definition) is 3. The van der Waals surface area contributed by atoms with Crippen LogP contribution in [0, 0.1) is 0 Å². The summed E-state index contributed by atoms with van der Waals surface area (Å²) in [5, 5.41) is 2.94. The Kier molecular flexibility index (Phi) is 4.63. The molecule has 4 heteroatoms. The molecule has 0 bridgehead atoms. The van der Waals surface area contributed by atoms with E-state index in [1.807, 2.05) is 25.1 Å². The predicted octanol–water partition coefficient (Wildman–Crippen LogP) is 2.68. The lowest BCUT2D eigenvalue weighted by Crippen LogP contribution is -2.52. The van der Waals surface area contributed by atoms with Crippen LogP contribution >= 0.6 is 0 Å². The highest BCUT2D eigenvalue weighted by atomic mass is 16.5. The Morgan fingerprint density at radius 1 is 1.17 bits per heavy atom. The van der Waals surface area contributed by atoms with Crippen LogP contribution in [0.5, 0.6) is 5.75 Å². The van der Waals surface area contributed by atoms with E-state index in [1.54, 1.807) is 7.11 Å². The van der Waals surface area contributed by atoms with Gasteiger partial charge in [0.2, 0.25) is 5.91 Å². The van der Waals surface area contributed by atoms with Gasteiger partial charge in [0.25, 0.3) is 0 Å². The van der Waals surface area contributed by atoms with Crippen molar-refractivity contribution in [2.75, 3.05) is 20.2 Å². The molecule has 1 aliphatic rings. The Labute approximate surface area is 137 Å². The largest absolute Gasteiger partial charge is 0.496 e. The number of carbonyl (C=O) groups excluding carboxylic acids is 1. The van der Waals surface area contributed by atoms with Crippen LogP contribution in [-0.4, -0.2) is 37.0 Å². The van der Waals surface area contributed by atoms with Gasteiger partial charge in [-0.1, -0.05) is 42.5 Å². The third-order valence-corrected chi connectivity index (χ3v) is 4.08. The van der Waals surface area contributed by atoms with Crippen LogP contribution in [0.15, 0.2) is 48.5 Å². The number of hydrogen-bond donors (Lipinski definition) is 1. The standard InChI is InChI=1S/C19H22N2O2/c1-14-11-21(13-19(22)20-14)12-15-7-9-16(10-8-15)17-5-3-4-6-18(17)23-2/h3-10,14H,11-13H2,1-2H3,(H,20,22). The van der Waals surface area contributed by atoms with E-state index in [0.29, 0.717) is 6.54 Å². The number of piperazine rings is 1. The average Bonchev–Trinajstić information content (AvgIpc) is 2.54. The third kappa shape index (κ3) is 3.71. The highest BCUT2D eigenvalue weighted by Crippen LogP contribution is 2.29. The summed E-state index contributed by atoms with van der Waals surface area (Å²) in [6.45, 7) is 4.19. The first-order chi connectivity index (χ1) is 11.2. The van der Waals surface area contributed by atoms with Crippen LogP contribution in [0.3, 0.4) is 0 Å². The van der Waals surface area contributed by atoms with E-state index in [1.165, 1.54) is 5.56 Å². The van der Waals surface area contributed by atoms with Gasteiger partial charge in [0.05, 0.1) is 13.7 Å². The van der Waals surface area contributed by atoms with E-state index in [-0.39, 0.29) is 11.9 Å². The molecule has 1 heterocycles. The molecule has 0 aliphatic carbocycles. The first-order valence-corrected chi connectivity index (χ1v) is 7.90. The molecule has 120 valence electrons. The summed E-state index contributed by atoms with van der Waals surface area (Å²) in [5.74, 6) is 0.983. The lowest BCUT2D eigenvalue weighted by atomic mass is 10.0. The molecule has 0 spiro atoms. The molecule has 23 heavy (non-hydrogen) atoms. The van der Waals surface area contributed by atoms with Crippen molar-refractivity contribution in [2.24, 2.45) is 0 Å². The average molecular weight is 310 g/mol. The predicted molar refractivity (Wildman–Crippen MR) is 91.3 cm³/mol. The van der Waals surface area contributed by atoms with Crippen LogP contribution in [0.25, 0.3) is 11.1 Å². The van der Waals surface area contributed by atoms with Gasteiger partial charge in [-0.3, -0.25) is 9.69 Å². The number of benzene rings is 2. The monoisotopic (exact) mass is 310 g/mol. The number of carbonyl (C=O) groups is 1.